The van der Waals surface area contributed by atoms with E-state index in [0.717, 1.165) is 33.8 Å². The van der Waals surface area contributed by atoms with Crippen molar-refractivity contribution in [3.8, 4) is 11.5 Å². The van der Waals surface area contributed by atoms with Gasteiger partial charge in [-0.1, -0.05) is 24.3 Å². The molecule has 0 radical (unpaired) electrons. The summed E-state index contributed by atoms with van der Waals surface area (Å²) in [7, 11) is 3.32. The highest BCUT2D eigenvalue weighted by Crippen LogP contribution is 2.30. The highest BCUT2D eigenvalue weighted by molar-refractivity contribution is 5.41. The third-order valence-corrected chi connectivity index (χ3v) is 3.99. The zero-order valence-electron chi connectivity index (χ0n) is 13.6. The van der Waals surface area contributed by atoms with Crippen molar-refractivity contribution >= 4 is 0 Å². The molecular formula is C18H24N2O2. The minimum Gasteiger partial charge on any atom is -0.496 e. The van der Waals surface area contributed by atoms with Crippen molar-refractivity contribution in [2.45, 2.75) is 25.9 Å². The third kappa shape index (κ3) is 3.24. The third-order valence-electron chi connectivity index (χ3n) is 3.99. The fraction of sp³-hybridized carbons (Fsp3) is 0.333. The molecule has 4 heteroatoms. The molecule has 0 saturated heterocycles. The summed E-state index contributed by atoms with van der Waals surface area (Å²) in [4.78, 5) is 0. The number of benzene rings is 2. The van der Waals surface area contributed by atoms with Crippen LogP contribution in [-0.2, 0) is 0 Å². The Morgan fingerprint density at radius 3 is 1.36 bits per heavy atom. The largest absolute Gasteiger partial charge is 0.496 e. The van der Waals surface area contributed by atoms with E-state index in [4.69, 9.17) is 20.9 Å². The van der Waals surface area contributed by atoms with Crippen LogP contribution in [0.25, 0.3) is 0 Å². The van der Waals surface area contributed by atoms with Crippen LogP contribution in [0.15, 0.2) is 36.4 Å². The Morgan fingerprint density at radius 1 is 0.727 bits per heavy atom. The van der Waals surface area contributed by atoms with E-state index < -0.39 is 0 Å². The van der Waals surface area contributed by atoms with Gasteiger partial charge in [0.05, 0.1) is 14.2 Å². The first-order valence-electron chi connectivity index (χ1n) is 7.28. The maximum atomic E-state index is 6.35. The number of hydrogen-bond donors (Lipinski definition) is 2. The first kappa shape index (κ1) is 16.3. The number of methoxy groups -OCH3 is 2. The second-order valence-corrected chi connectivity index (χ2v) is 5.51. The fourth-order valence-corrected chi connectivity index (χ4v) is 2.63. The van der Waals surface area contributed by atoms with Crippen LogP contribution in [0.3, 0.4) is 0 Å². The van der Waals surface area contributed by atoms with Gasteiger partial charge >= 0.3 is 0 Å². The van der Waals surface area contributed by atoms with Gasteiger partial charge in [-0.05, 0) is 48.2 Å². The van der Waals surface area contributed by atoms with E-state index in [1.54, 1.807) is 14.2 Å². The van der Waals surface area contributed by atoms with Crippen molar-refractivity contribution < 1.29 is 9.47 Å². The fourth-order valence-electron chi connectivity index (χ4n) is 2.63. The molecule has 0 bridgehead atoms. The summed E-state index contributed by atoms with van der Waals surface area (Å²) in [6.07, 6.45) is 0. The van der Waals surface area contributed by atoms with Crippen LogP contribution in [-0.4, -0.2) is 14.2 Å². The number of hydrogen-bond acceptors (Lipinski definition) is 4. The average molecular weight is 300 g/mol. The highest BCUT2D eigenvalue weighted by Gasteiger charge is 2.19. The number of aryl methyl sites for hydroxylation is 2. The van der Waals surface area contributed by atoms with Gasteiger partial charge in [0, 0.05) is 12.1 Å². The molecule has 0 saturated carbocycles. The molecule has 0 spiro atoms. The Morgan fingerprint density at radius 2 is 1.09 bits per heavy atom. The van der Waals surface area contributed by atoms with Gasteiger partial charge in [-0.3, -0.25) is 0 Å². The molecule has 118 valence electrons. The molecule has 4 nitrogen and oxygen atoms in total. The van der Waals surface area contributed by atoms with Crippen molar-refractivity contribution in [3.63, 3.8) is 0 Å². The molecule has 2 atom stereocenters. The van der Waals surface area contributed by atoms with Gasteiger partial charge in [-0.15, -0.1) is 0 Å². The summed E-state index contributed by atoms with van der Waals surface area (Å²) in [6, 6.07) is 11.3. The van der Waals surface area contributed by atoms with Crippen molar-refractivity contribution in [2.75, 3.05) is 14.2 Å². The highest BCUT2D eigenvalue weighted by atomic mass is 16.5. The van der Waals surface area contributed by atoms with Crippen LogP contribution in [0.5, 0.6) is 11.5 Å². The molecule has 0 heterocycles. The lowest BCUT2D eigenvalue weighted by Gasteiger charge is -2.22. The van der Waals surface area contributed by atoms with Gasteiger partial charge in [0.2, 0.25) is 0 Å². The Hall–Kier alpha value is -2.04. The summed E-state index contributed by atoms with van der Waals surface area (Å²) in [5.41, 5.74) is 16.8. The molecule has 0 aliphatic heterocycles. The SMILES string of the molecule is COc1ccc(C(N)C(N)c2ccc(OC)c(C)c2)cc1C. The van der Waals surface area contributed by atoms with Crippen molar-refractivity contribution in [1.82, 2.24) is 0 Å². The van der Waals surface area contributed by atoms with E-state index in [-0.39, 0.29) is 12.1 Å². The topological polar surface area (TPSA) is 70.5 Å². The molecule has 0 aromatic heterocycles. The van der Waals surface area contributed by atoms with E-state index >= 15 is 0 Å². The average Bonchev–Trinajstić information content (AvgIpc) is 2.53. The Bertz CT molecular complexity index is 598. The molecule has 2 unspecified atom stereocenters. The van der Waals surface area contributed by atoms with Gasteiger partial charge in [0.25, 0.3) is 0 Å². The molecular weight excluding hydrogens is 276 g/mol. The lowest BCUT2D eigenvalue weighted by molar-refractivity contribution is 0.410. The van der Waals surface area contributed by atoms with Crippen molar-refractivity contribution in [3.05, 3.63) is 58.7 Å². The molecule has 4 N–H and O–H groups in total. The maximum Gasteiger partial charge on any atom is 0.121 e. The van der Waals surface area contributed by atoms with Crippen LogP contribution in [0, 0.1) is 13.8 Å². The van der Waals surface area contributed by atoms with E-state index in [2.05, 4.69) is 0 Å². The molecule has 2 aromatic rings. The predicted molar refractivity (Wildman–Crippen MR) is 89.3 cm³/mol. The standard InChI is InChI=1S/C18H24N2O2/c1-11-9-13(5-7-15(11)21-3)17(19)18(20)14-6-8-16(22-4)12(2)10-14/h5-10,17-18H,19-20H2,1-4H3. The van der Waals surface area contributed by atoms with E-state index in [9.17, 15) is 0 Å². The molecule has 0 fully saturated rings. The van der Waals surface area contributed by atoms with Crippen molar-refractivity contribution in [1.29, 1.82) is 0 Å². The van der Waals surface area contributed by atoms with Gasteiger partial charge in [-0.25, -0.2) is 0 Å². The molecule has 0 amide bonds. The van der Waals surface area contributed by atoms with Crippen LogP contribution in [0.4, 0.5) is 0 Å². The smallest absolute Gasteiger partial charge is 0.121 e. The second-order valence-electron chi connectivity index (χ2n) is 5.51. The van der Waals surface area contributed by atoms with E-state index in [0.29, 0.717) is 0 Å². The summed E-state index contributed by atoms with van der Waals surface area (Å²) >= 11 is 0. The van der Waals surface area contributed by atoms with Crippen LogP contribution >= 0.6 is 0 Å². The zero-order chi connectivity index (χ0) is 16.3. The molecule has 2 aromatic carbocycles. The minimum atomic E-state index is -0.280. The molecule has 0 aliphatic rings. The normalized spacial score (nSPS) is 13.5. The first-order chi connectivity index (χ1) is 10.5. The summed E-state index contributed by atoms with van der Waals surface area (Å²) < 4.78 is 10.6. The lowest BCUT2D eigenvalue weighted by Crippen LogP contribution is -2.26. The second kappa shape index (κ2) is 6.81. The number of rotatable bonds is 5. The lowest BCUT2D eigenvalue weighted by atomic mass is 9.93. The van der Waals surface area contributed by atoms with Crippen LogP contribution in [0.2, 0.25) is 0 Å². The maximum absolute atomic E-state index is 6.35. The summed E-state index contributed by atoms with van der Waals surface area (Å²) in [6.45, 7) is 4.00. The minimum absolute atomic E-state index is 0.280. The van der Waals surface area contributed by atoms with Gasteiger partial charge in [-0.2, -0.15) is 0 Å². The monoisotopic (exact) mass is 300 g/mol. The molecule has 22 heavy (non-hydrogen) atoms. The first-order valence-corrected chi connectivity index (χ1v) is 7.28. The number of ether oxygens (including phenoxy) is 2. The van der Waals surface area contributed by atoms with Gasteiger partial charge < -0.3 is 20.9 Å². The van der Waals surface area contributed by atoms with Crippen LogP contribution in [0.1, 0.15) is 34.3 Å². The van der Waals surface area contributed by atoms with E-state index in [1.165, 1.54) is 0 Å². The molecule has 0 aliphatic carbocycles. The Kier molecular flexibility index (Phi) is 5.06. The number of nitrogens with two attached hydrogens (primary N) is 2. The van der Waals surface area contributed by atoms with Gasteiger partial charge in [0.15, 0.2) is 0 Å². The molecule has 2 rings (SSSR count). The Balaban J connectivity index is 2.26. The Labute approximate surface area is 132 Å². The predicted octanol–water partition coefficient (Wildman–Crippen LogP) is 3.02. The quantitative estimate of drug-likeness (QED) is 0.890. The van der Waals surface area contributed by atoms with Gasteiger partial charge in [0.1, 0.15) is 11.5 Å². The zero-order valence-corrected chi connectivity index (χ0v) is 13.6. The summed E-state index contributed by atoms with van der Waals surface area (Å²) in [5.74, 6) is 1.70. The van der Waals surface area contributed by atoms with Crippen LogP contribution < -0.4 is 20.9 Å². The summed E-state index contributed by atoms with van der Waals surface area (Å²) in [5, 5.41) is 0. The van der Waals surface area contributed by atoms with E-state index in [1.807, 2.05) is 50.2 Å². The van der Waals surface area contributed by atoms with Crippen molar-refractivity contribution in [2.24, 2.45) is 11.5 Å².